The Bertz CT molecular complexity index is 627. The number of rotatable bonds is 6. The summed E-state index contributed by atoms with van der Waals surface area (Å²) in [5.41, 5.74) is 0.684. The van der Waals surface area contributed by atoms with Crippen molar-refractivity contribution in [3.05, 3.63) is 34.9 Å². The van der Waals surface area contributed by atoms with Crippen LogP contribution in [-0.4, -0.2) is 37.5 Å². The van der Waals surface area contributed by atoms with E-state index < -0.39 is 10.0 Å². The number of sulfonamides is 1. The highest BCUT2D eigenvalue weighted by molar-refractivity contribution is 7.88. The molecule has 0 aliphatic heterocycles. The zero-order chi connectivity index (χ0) is 16.2. The van der Waals surface area contributed by atoms with Crippen molar-refractivity contribution in [1.29, 1.82) is 0 Å². The lowest BCUT2D eigenvalue weighted by atomic mass is 10.2. The Labute approximate surface area is 136 Å². The van der Waals surface area contributed by atoms with Gasteiger partial charge in [0.15, 0.2) is 0 Å². The average Bonchev–Trinajstić information content (AvgIpc) is 2.92. The van der Waals surface area contributed by atoms with Crippen molar-refractivity contribution in [2.24, 2.45) is 0 Å². The van der Waals surface area contributed by atoms with Crippen LogP contribution in [0.15, 0.2) is 24.3 Å². The first kappa shape index (κ1) is 17.2. The molecule has 0 unspecified atom stereocenters. The zero-order valence-corrected chi connectivity index (χ0v) is 14.2. The minimum atomic E-state index is -3.49. The van der Waals surface area contributed by atoms with Crippen molar-refractivity contribution in [1.82, 2.24) is 9.62 Å². The van der Waals surface area contributed by atoms with E-state index in [4.69, 9.17) is 11.6 Å². The number of nitrogens with one attached hydrogen (secondary N) is 1. The highest BCUT2D eigenvalue weighted by atomic mass is 35.5. The predicted octanol–water partition coefficient (Wildman–Crippen LogP) is 2.16. The van der Waals surface area contributed by atoms with Crippen molar-refractivity contribution in [3.63, 3.8) is 0 Å². The highest BCUT2D eigenvalue weighted by Gasteiger charge is 2.23. The summed E-state index contributed by atoms with van der Waals surface area (Å²) in [6, 6.07) is 7.21. The first-order valence-corrected chi connectivity index (χ1v) is 9.57. The van der Waals surface area contributed by atoms with E-state index in [1.165, 1.54) is 0 Å². The monoisotopic (exact) mass is 344 g/mol. The van der Waals surface area contributed by atoms with Gasteiger partial charge in [0.05, 0.1) is 12.8 Å². The van der Waals surface area contributed by atoms with E-state index in [1.807, 2.05) is 0 Å². The van der Waals surface area contributed by atoms with Gasteiger partial charge in [0.1, 0.15) is 0 Å². The average molecular weight is 345 g/mol. The Morgan fingerprint density at radius 1 is 1.32 bits per heavy atom. The summed E-state index contributed by atoms with van der Waals surface area (Å²) in [7, 11) is -3.49. The molecule has 1 saturated carbocycles. The molecule has 2 rings (SSSR count). The standard InChI is InChI=1S/C15H21ClN2O3S/c1-22(20,21)18(10-12-6-2-5-9-14(12)16)11-15(19)17-13-7-3-4-8-13/h2,5-6,9,13H,3-4,7-8,10-11H2,1H3,(H,17,19). The lowest BCUT2D eigenvalue weighted by Gasteiger charge is -2.21. The van der Waals surface area contributed by atoms with Crippen LogP contribution in [-0.2, 0) is 21.4 Å². The molecule has 1 aliphatic rings. The van der Waals surface area contributed by atoms with Gasteiger partial charge in [-0.15, -0.1) is 0 Å². The molecule has 7 heteroatoms. The zero-order valence-electron chi connectivity index (χ0n) is 12.6. The van der Waals surface area contributed by atoms with Crippen LogP contribution in [0.5, 0.6) is 0 Å². The van der Waals surface area contributed by atoms with Gasteiger partial charge in [0.2, 0.25) is 15.9 Å². The number of carbonyl (C=O) groups excluding carboxylic acids is 1. The van der Waals surface area contributed by atoms with Crippen molar-refractivity contribution < 1.29 is 13.2 Å². The summed E-state index contributed by atoms with van der Waals surface area (Å²) < 4.78 is 25.0. The molecule has 5 nitrogen and oxygen atoms in total. The second-order valence-corrected chi connectivity index (χ2v) is 8.06. The molecule has 1 aromatic carbocycles. The van der Waals surface area contributed by atoms with E-state index in [-0.39, 0.29) is 25.0 Å². The van der Waals surface area contributed by atoms with Crippen LogP contribution in [0.25, 0.3) is 0 Å². The minimum absolute atomic E-state index is 0.0938. The van der Waals surface area contributed by atoms with Crippen molar-refractivity contribution in [3.8, 4) is 0 Å². The van der Waals surface area contributed by atoms with Crippen LogP contribution < -0.4 is 5.32 Å². The predicted molar refractivity (Wildman–Crippen MR) is 87.1 cm³/mol. The van der Waals surface area contributed by atoms with E-state index in [0.29, 0.717) is 10.6 Å². The molecular formula is C15H21ClN2O3S. The second-order valence-electron chi connectivity index (χ2n) is 5.67. The topological polar surface area (TPSA) is 66.5 Å². The molecule has 122 valence electrons. The molecule has 0 saturated heterocycles. The Hall–Kier alpha value is -1.11. The number of benzene rings is 1. The van der Waals surface area contributed by atoms with Crippen LogP contribution in [0.2, 0.25) is 5.02 Å². The maximum Gasteiger partial charge on any atom is 0.235 e. The third kappa shape index (κ3) is 4.97. The molecule has 22 heavy (non-hydrogen) atoms. The van der Waals surface area contributed by atoms with E-state index in [0.717, 1.165) is 36.2 Å². The maximum absolute atomic E-state index is 12.1. The van der Waals surface area contributed by atoms with Gasteiger partial charge in [-0.25, -0.2) is 8.42 Å². The Morgan fingerprint density at radius 3 is 2.55 bits per heavy atom. The summed E-state index contributed by atoms with van der Waals surface area (Å²) in [5, 5.41) is 3.40. The van der Waals surface area contributed by atoms with Crippen molar-refractivity contribution >= 4 is 27.5 Å². The fraction of sp³-hybridized carbons (Fsp3) is 0.533. The molecule has 0 aromatic heterocycles. The second kappa shape index (κ2) is 7.44. The molecule has 0 bridgehead atoms. The Balaban J connectivity index is 2.03. The van der Waals surface area contributed by atoms with E-state index >= 15 is 0 Å². The van der Waals surface area contributed by atoms with Gasteiger partial charge in [-0.2, -0.15) is 4.31 Å². The molecule has 1 fully saturated rings. The maximum atomic E-state index is 12.1. The lowest BCUT2D eigenvalue weighted by Crippen LogP contribution is -2.42. The SMILES string of the molecule is CS(=O)(=O)N(CC(=O)NC1CCCC1)Cc1ccccc1Cl. The van der Waals surface area contributed by atoms with Crippen LogP contribution in [0, 0.1) is 0 Å². The smallest absolute Gasteiger partial charge is 0.235 e. The van der Waals surface area contributed by atoms with Crippen LogP contribution in [0.1, 0.15) is 31.2 Å². The summed E-state index contributed by atoms with van der Waals surface area (Å²) in [6.07, 6.45) is 5.26. The lowest BCUT2D eigenvalue weighted by molar-refractivity contribution is -0.122. The molecule has 0 atom stereocenters. The van der Waals surface area contributed by atoms with Crippen molar-refractivity contribution in [2.45, 2.75) is 38.3 Å². The van der Waals surface area contributed by atoms with Gasteiger partial charge in [-0.3, -0.25) is 4.79 Å². The number of nitrogens with zero attached hydrogens (tertiary/aromatic N) is 1. The fourth-order valence-electron chi connectivity index (χ4n) is 2.61. The van der Waals surface area contributed by atoms with Crippen molar-refractivity contribution in [2.75, 3.05) is 12.8 Å². The number of hydrogen-bond donors (Lipinski definition) is 1. The minimum Gasteiger partial charge on any atom is -0.352 e. The molecule has 0 radical (unpaired) electrons. The summed E-state index contributed by atoms with van der Waals surface area (Å²) in [4.78, 5) is 12.1. The van der Waals surface area contributed by atoms with Gasteiger partial charge in [-0.05, 0) is 24.5 Å². The van der Waals surface area contributed by atoms with Crippen LogP contribution in [0.3, 0.4) is 0 Å². The summed E-state index contributed by atoms with van der Waals surface area (Å²) in [6.45, 7) is -0.0862. The van der Waals surface area contributed by atoms with E-state index in [9.17, 15) is 13.2 Å². The van der Waals surface area contributed by atoms with Gasteiger partial charge in [0, 0.05) is 17.6 Å². The first-order chi connectivity index (χ1) is 10.4. The molecule has 0 spiro atoms. The van der Waals surface area contributed by atoms with Gasteiger partial charge >= 0.3 is 0 Å². The number of amides is 1. The van der Waals surface area contributed by atoms with Crippen LogP contribution in [0.4, 0.5) is 0 Å². The number of carbonyl (C=O) groups is 1. The highest BCUT2D eigenvalue weighted by Crippen LogP contribution is 2.19. The first-order valence-electron chi connectivity index (χ1n) is 7.34. The normalized spacial score (nSPS) is 16.1. The molecule has 1 N–H and O–H groups in total. The summed E-state index contributed by atoms with van der Waals surface area (Å²) >= 11 is 6.07. The van der Waals surface area contributed by atoms with Gasteiger partial charge in [0.25, 0.3) is 0 Å². The van der Waals surface area contributed by atoms with E-state index in [1.54, 1.807) is 24.3 Å². The van der Waals surface area contributed by atoms with Gasteiger partial charge in [-0.1, -0.05) is 42.6 Å². The summed E-state index contributed by atoms with van der Waals surface area (Å²) in [5.74, 6) is -0.260. The number of halogens is 1. The Morgan fingerprint density at radius 2 is 1.95 bits per heavy atom. The molecule has 1 aliphatic carbocycles. The molecule has 1 aromatic rings. The van der Waals surface area contributed by atoms with E-state index in [2.05, 4.69) is 5.32 Å². The Kier molecular flexibility index (Phi) is 5.83. The van der Waals surface area contributed by atoms with Crippen LogP contribution >= 0.6 is 11.6 Å². The number of hydrogen-bond acceptors (Lipinski definition) is 3. The molecule has 0 heterocycles. The van der Waals surface area contributed by atoms with Gasteiger partial charge < -0.3 is 5.32 Å². The largest absolute Gasteiger partial charge is 0.352 e. The third-order valence-corrected chi connectivity index (χ3v) is 5.38. The fourth-order valence-corrected chi connectivity index (χ4v) is 3.53. The molecular weight excluding hydrogens is 324 g/mol. The third-order valence-electron chi connectivity index (χ3n) is 3.81. The molecule has 1 amide bonds. The quantitative estimate of drug-likeness (QED) is 0.860.